The second-order valence-corrected chi connectivity index (χ2v) is 9.20. The monoisotopic (exact) mass is 487 g/mol. The molecular formula is C30H18BrNO. The molecule has 0 aliphatic heterocycles. The highest BCUT2D eigenvalue weighted by molar-refractivity contribution is 9.10. The number of benzene rings is 5. The summed E-state index contributed by atoms with van der Waals surface area (Å²) < 4.78 is 9.44. The molecule has 0 bridgehead atoms. The number of nitrogens with zero attached hydrogens (tertiary/aromatic N) is 1. The number of rotatable bonds is 2. The Morgan fingerprint density at radius 2 is 1.21 bits per heavy atom. The minimum absolute atomic E-state index is 0.901. The quantitative estimate of drug-likeness (QED) is 0.237. The Labute approximate surface area is 198 Å². The fraction of sp³-hybridized carbons (Fsp3) is 0. The molecule has 2 aromatic heterocycles. The largest absolute Gasteiger partial charge is 0.456 e. The van der Waals surface area contributed by atoms with Gasteiger partial charge in [0, 0.05) is 31.7 Å². The van der Waals surface area contributed by atoms with Gasteiger partial charge in [0.1, 0.15) is 11.2 Å². The van der Waals surface area contributed by atoms with Gasteiger partial charge < -0.3 is 8.98 Å². The summed E-state index contributed by atoms with van der Waals surface area (Å²) in [6.07, 6.45) is 0. The Morgan fingerprint density at radius 1 is 0.545 bits per heavy atom. The van der Waals surface area contributed by atoms with Crippen LogP contribution in [0.1, 0.15) is 0 Å². The first-order valence-electron chi connectivity index (χ1n) is 11.0. The molecule has 7 rings (SSSR count). The molecule has 0 aliphatic carbocycles. The molecule has 0 saturated heterocycles. The van der Waals surface area contributed by atoms with Crippen molar-refractivity contribution < 1.29 is 4.42 Å². The molecule has 0 unspecified atom stereocenters. The summed E-state index contributed by atoms with van der Waals surface area (Å²) in [5, 5.41) is 4.80. The average Bonchev–Trinajstić information content (AvgIpc) is 3.40. The fourth-order valence-electron chi connectivity index (χ4n) is 4.97. The molecule has 0 fully saturated rings. The van der Waals surface area contributed by atoms with Crippen LogP contribution in [0.3, 0.4) is 0 Å². The van der Waals surface area contributed by atoms with Crippen LogP contribution >= 0.6 is 15.9 Å². The van der Waals surface area contributed by atoms with Crippen molar-refractivity contribution in [2.24, 2.45) is 0 Å². The molecule has 5 aromatic carbocycles. The Hall–Kier alpha value is -3.82. The summed E-state index contributed by atoms with van der Waals surface area (Å²) in [5.74, 6) is 0. The van der Waals surface area contributed by atoms with Crippen LogP contribution in [0.15, 0.2) is 118 Å². The van der Waals surface area contributed by atoms with E-state index in [1.165, 1.54) is 32.9 Å². The highest BCUT2D eigenvalue weighted by Crippen LogP contribution is 2.37. The van der Waals surface area contributed by atoms with E-state index in [1.807, 2.05) is 12.1 Å². The maximum atomic E-state index is 6.04. The number of hydrogen-bond acceptors (Lipinski definition) is 1. The van der Waals surface area contributed by atoms with E-state index < -0.39 is 0 Å². The lowest BCUT2D eigenvalue weighted by Crippen LogP contribution is -1.93. The molecule has 7 aromatic rings. The fourth-order valence-corrected chi connectivity index (χ4v) is 5.53. The first-order valence-corrected chi connectivity index (χ1v) is 11.8. The molecule has 3 heteroatoms. The van der Waals surface area contributed by atoms with Gasteiger partial charge in [-0.25, -0.2) is 0 Å². The Bertz CT molecular complexity index is 1770. The van der Waals surface area contributed by atoms with Gasteiger partial charge in [0.25, 0.3) is 0 Å². The van der Waals surface area contributed by atoms with Crippen LogP contribution in [-0.4, -0.2) is 4.57 Å². The van der Waals surface area contributed by atoms with E-state index in [9.17, 15) is 0 Å². The van der Waals surface area contributed by atoms with Gasteiger partial charge in [-0.05, 0) is 59.7 Å². The molecule has 0 atom stereocenters. The van der Waals surface area contributed by atoms with Crippen LogP contribution in [0, 0.1) is 0 Å². The zero-order chi connectivity index (χ0) is 21.9. The highest BCUT2D eigenvalue weighted by atomic mass is 79.9. The Morgan fingerprint density at radius 3 is 1.94 bits per heavy atom. The second-order valence-electron chi connectivity index (χ2n) is 8.34. The van der Waals surface area contributed by atoms with Crippen LogP contribution in [0.4, 0.5) is 0 Å². The van der Waals surface area contributed by atoms with Crippen LogP contribution in [0.2, 0.25) is 0 Å². The van der Waals surface area contributed by atoms with Crippen LogP contribution in [0.5, 0.6) is 0 Å². The maximum Gasteiger partial charge on any atom is 0.136 e. The molecule has 0 saturated carbocycles. The van der Waals surface area contributed by atoms with E-state index in [4.69, 9.17) is 4.42 Å². The average molecular weight is 488 g/mol. The van der Waals surface area contributed by atoms with Crippen molar-refractivity contribution >= 4 is 59.7 Å². The Balaban J connectivity index is 1.38. The molecule has 33 heavy (non-hydrogen) atoms. The van der Waals surface area contributed by atoms with E-state index in [0.717, 1.165) is 32.1 Å². The van der Waals surface area contributed by atoms with Gasteiger partial charge in [0.2, 0.25) is 0 Å². The number of halogens is 1. The minimum atomic E-state index is 0.901. The first kappa shape index (κ1) is 18.7. The van der Waals surface area contributed by atoms with E-state index in [2.05, 4.69) is 118 Å². The van der Waals surface area contributed by atoms with Crippen molar-refractivity contribution in [2.75, 3.05) is 0 Å². The summed E-state index contributed by atoms with van der Waals surface area (Å²) in [6.45, 7) is 0. The summed E-state index contributed by atoms with van der Waals surface area (Å²) in [7, 11) is 0. The maximum absolute atomic E-state index is 6.04. The molecule has 0 radical (unpaired) electrons. The lowest BCUT2D eigenvalue weighted by atomic mass is 10.0. The van der Waals surface area contributed by atoms with Gasteiger partial charge >= 0.3 is 0 Å². The third-order valence-corrected chi connectivity index (χ3v) is 7.14. The zero-order valence-electron chi connectivity index (χ0n) is 17.6. The lowest BCUT2D eigenvalue weighted by molar-refractivity contribution is 0.669. The topological polar surface area (TPSA) is 18.1 Å². The van der Waals surface area contributed by atoms with Crippen molar-refractivity contribution in [1.82, 2.24) is 4.57 Å². The lowest BCUT2D eigenvalue weighted by Gasteiger charge is -2.09. The van der Waals surface area contributed by atoms with Gasteiger partial charge in [0.05, 0.1) is 11.0 Å². The summed E-state index contributed by atoms with van der Waals surface area (Å²) >= 11 is 3.69. The molecule has 0 amide bonds. The highest BCUT2D eigenvalue weighted by Gasteiger charge is 2.13. The molecule has 0 aliphatic rings. The molecule has 0 spiro atoms. The second kappa shape index (κ2) is 7.09. The van der Waals surface area contributed by atoms with Crippen molar-refractivity contribution in [3.05, 3.63) is 114 Å². The number of fused-ring (bicyclic) bond motifs is 6. The van der Waals surface area contributed by atoms with Crippen molar-refractivity contribution in [3.8, 4) is 16.8 Å². The molecule has 2 nitrogen and oxygen atoms in total. The third-order valence-electron chi connectivity index (χ3n) is 6.48. The predicted molar refractivity (Wildman–Crippen MR) is 141 cm³/mol. The standard InChI is InChI=1S/C30H18BrNO/c31-25-8-5-11-29-30(25)24-18-20(14-17-28(24)33-29)19-12-15-21(16-13-19)32-26-9-3-1-6-22(26)23-7-2-4-10-27(23)32/h1-18H. The number of hydrogen-bond donors (Lipinski definition) is 0. The van der Waals surface area contributed by atoms with E-state index in [1.54, 1.807) is 0 Å². The van der Waals surface area contributed by atoms with Gasteiger partial charge in [-0.1, -0.05) is 76.6 Å². The molecule has 0 N–H and O–H groups in total. The predicted octanol–water partition coefficient (Wildman–Crippen LogP) is 9.11. The van der Waals surface area contributed by atoms with Gasteiger partial charge in [-0.2, -0.15) is 0 Å². The summed E-state index contributed by atoms with van der Waals surface area (Å²) in [5.41, 5.74) is 7.78. The van der Waals surface area contributed by atoms with E-state index in [-0.39, 0.29) is 0 Å². The number of furan rings is 1. The van der Waals surface area contributed by atoms with E-state index >= 15 is 0 Å². The van der Waals surface area contributed by atoms with Gasteiger partial charge in [-0.3, -0.25) is 0 Å². The van der Waals surface area contributed by atoms with Crippen molar-refractivity contribution in [3.63, 3.8) is 0 Å². The molecule has 156 valence electrons. The van der Waals surface area contributed by atoms with Crippen LogP contribution in [-0.2, 0) is 0 Å². The number of aromatic nitrogens is 1. The third kappa shape index (κ3) is 2.79. The smallest absolute Gasteiger partial charge is 0.136 e. The number of para-hydroxylation sites is 2. The van der Waals surface area contributed by atoms with Gasteiger partial charge in [0.15, 0.2) is 0 Å². The molecular weight excluding hydrogens is 470 g/mol. The zero-order valence-corrected chi connectivity index (χ0v) is 19.2. The van der Waals surface area contributed by atoms with Crippen LogP contribution < -0.4 is 0 Å². The Kier molecular flexibility index (Phi) is 4.02. The van der Waals surface area contributed by atoms with Crippen molar-refractivity contribution in [1.29, 1.82) is 0 Å². The summed E-state index contributed by atoms with van der Waals surface area (Å²) in [4.78, 5) is 0. The first-order chi connectivity index (χ1) is 16.3. The van der Waals surface area contributed by atoms with E-state index in [0.29, 0.717) is 0 Å². The molecule has 2 heterocycles. The van der Waals surface area contributed by atoms with Gasteiger partial charge in [-0.15, -0.1) is 0 Å². The SMILES string of the molecule is Brc1cccc2oc3ccc(-c4ccc(-n5c6ccccc6c6ccccc65)cc4)cc3c12. The van der Waals surface area contributed by atoms with Crippen molar-refractivity contribution in [2.45, 2.75) is 0 Å². The van der Waals surface area contributed by atoms with Crippen LogP contribution in [0.25, 0.3) is 60.6 Å². The normalized spacial score (nSPS) is 11.8. The summed E-state index contributed by atoms with van der Waals surface area (Å²) in [6, 6.07) is 38.5. The minimum Gasteiger partial charge on any atom is -0.456 e.